The molecule has 1 aromatic heterocycles. The second-order valence-corrected chi connectivity index (χ2v) is 6.35. The zero-order chi connectivity index (χ0) is 15.9. The van der Waals surface area contributed by atoms with Gasteiger partial charge in [0.1, 0.15) is 12.0 Å². The molecule has 1 aliphatic carbocycles. The highest BCUT2D eigenvalue weighted by atomic mass is 16.6. The summed E-state index contributed by atoms with van der Waals surface area (Å²) in [4.78, 5) is 29.0. The normalized spacial score (nSPS) is 26.4. The predicted octanol–water partition coefficient (Wildman–Crippen LogP) is 1.73. The summed E-state index contributed by atoms with van der Waals surface area (Å²) in [7, 11) is 3.87. The third kappa shape index (κ3) is 2.62. The molecule has 1 aromatic rings. The van der Waals surface area contributed by atoms with Crippen molar-refractivity contribution in [1.82, 2.24) is 9.88 Å². The lowest BCUT2D eigenvalue weighted by Gasteiger charge is -2.37. The van der Waals surface area contributed by atoms with Gasteiger partial charge in [-0.05, 0) is 33.0 Å². The van der Waals surface area contributed by atoms with Gasteiger partial charge in [-0.3, -0.25) is 19.9 Å². The van der Waals surface area contributed by atoms with Crippen LogP contribution in [0.3, 0.4) is 0 Å². The molecule has 1 saturated heterocycles. The zero-order valence-corrected chi connectivity index (χ0v) is 12.7. The molecule has 118 valence electrons. The Balaban J connectivity index is 1.88. The average molecular weight is 305 g/mol. The van der Waals surface area contributed by atoms with Crippen molar-refractivity contribution in [2.75, 3.05) is 20.6 Å². The lowest BCUT2D eigenvalue weighted by atomic mass is 9.86. The molecule has 2 heterocycles. The second-order valence-electron chi connectivity index (χ2n) is 6.35. The van der Waals surface area contributed by atoms with E-state index in [9.17, 15) is 14.9 Å². The molecule has 0 amide bonds. The van der Waals surface area contributed by atoms with Crippen molar-refractivity contribution in [2.24, 2.45) is 5.92 Å². The molecule has 7 heteroatoms. The molecule has 0 aromatic carbocycles. The van der Waals surface area contributed by atoms with Crippen molar-refractivity contribution in [3.8, 4) is 0 Å². The van der Waals surface area contributed by atoms with E-state index < -0.39 is 16.6 Å². The van der Waals surface area contributed by atoms with Gasteiger partial charge in [-0.25, -0.2) is 0 Å². The number of aromatic nitrogens is 1. The molecule has 2 aliphatic rings. The fourth-order valence-electron chi connectivity index (χ4n) is 3.24. The van der Waals surface area contributed by atoms with Crippen molar-refractivity contribution in [3.63, 3.8) is 0 Å². The topological polar surface area (TPSA) is 85.6 Å². The van der Waals surface area contributed by atoms with E-state index >= 15 is 0 Å². The minimum absolute atomic E-state index is 0.0813. The standard InChI is InChI=1S/C15H19N3O4/c1-17(2)9-11-13(19)7-14(22-15(11)4-5-15)10-3-6-16-8-12(10)18(20)21/h3,6,8,11,14H,4-5,7,9H2,1-2H3/t11?,14-/m1/s1. The smallest absolute Gasteiger partial charge is 0.293 e. The van der Waals surface area contributed by atoms with Crippen LogP contribution in [0.5, 0.6) is 0 Å². The van der Waals surface area contributed by atoms with E-state index in [0.29, 0.717) is 12.1 Å². The van der Waals surface area contributed by atoms with Crippen LogP contribution in [-0.4, -0.2) is 46.8 Å². The van der Waals surface area contributed by atoms with Crippen molar-refractivity contribution < 1.29 is 14.5 Å². The van der Waals surface area contributed by atoms with Gasteiger partial charge in [0.25, 0.3) is 5.69 Å². The van der Waals surface area contributed by atoms with Crippen LogP contribution in [0, 0.1) is 16.0 Å². The highest BCUT2D eigenvalue weighted by Gasteiger charge is 2.58. The van der Waals surface area contributed by atoms with Gasteiger partial charge in [0.2, 0.25) is 0 Å². The number of rotatable bonds is 4. The summed E-state index contributed by atoms with van der Waals surface area (Å²) >= 11 is 0. The molecule has 1 aliphatic heterocycles. The van der Waals surface area contributed by atoms with E-state index in [-0.39, 0.29) is 23.8 Å². The highest BCUT2D eigenvalue weighted by Crippen LogP contribution is 2.54. The average Bonchev–Trinajstić information content (AvgIpc) is 3.23. The summed E-state index contributed by atoms with van der Waals surface area (Å²) in [5.41, 5.74) is -0.0633. The fraction of sp³-hybridized carbons (Fsp3) is 0.600. The van der Waals surface area contributed by atoms with Crippen molar-refractivity contribution >= 4 is 11.5 Å². The second kappa shape index (κ2) is 5.40. The number of hydrogen-bond donors (Lipinski definition) is 0. The van der Waals surface area contributed by atoms with Gasteiger partial charge in [-0.15, -0.1) is 0 Å². The maximum atomic E-state index is 12.6. The van der Waals surface area contributed by atoms with Crippen LogP contribution in [0.1, 0.15) is 30.9 Å². The summed E-state index contributed by atoms with van der Waals surface area (Å²) in [6.07, 6.45) is 4.04. The number of ketones is 1. The molecule has 22 heavy (non-hydrogen) atoms. The van der Waals surface area contributed by atoms with Crippen LogP contribution in [0.4, 0.5) is 5.69 Å². The molecule has 1 unspecified atom stereocenters. The molecule has 7 nitrogen and oxygen atoms in total. The predicted molar refractivity (Wildman–Crippen MR) is 78.4 cm³/mol. The number of carbonyl (C=O) groups is 1. The van der Waals surface area contributed by atoms with Crippen LogP contribution < -0.4 is 0 Å². The van der Waals surface area contributed by atoms with Crippen LogP contribution >= 0.6 is 0 Å². The summed E-state index contributed by atoms with van der Waals surface area (Å²) in [6, 6.07) is 1.58. The fourth-order valence-corrected chi connectivity index (χ4v) is 3.24. The van der Waals surface area contributed by atoms with E-state index in [1.807, 2.05) is 19.0 Å². The number of hydrogen-bond acceptors (Lipinski definition) is 6. The molecule has 0 radical (unpaired) electrons. The summed E-state index contributed by atoms with van der Waals surface area (Å²) in [5.74, 6) is -0.00629. The largest absolute Gasteiger partial charge is 0.366 e. The SMILES string of the molecule is CN(C)CC1C(=O)C[C@H](c2ccncc2[N+](=O)[O-])OC12CC2. The van der Waals surface area contributed by atoms with Gasteiger partial charge in [-0.1, -0.05) is 0 Å². The Labute approximate surface area is 128 Å². The number of nitro groups is 1. The quantitative estimate of drug-likeness (QED) is 0.622. The highest BCUT2D eigenvalue weighted by molar-refractivity contribution is 5.84. The Morgan fingerprint density at radius 3 is 2.82 bits per heavy atom. The summed E-state index contributed by atoms with van der Waals surface area (Å²) in [5, 5.41) is 11.2. The molecular formula is C15H19N3O4. The first-order valence-corrected chi connectivity index (χ1v) is 7.36. The van der Waals surface area contributed by atoms with Crippen molar-refractivity contribution in [2.45, 2.75) is 31.0 Å². The first kappa shape index (κ1) is 15.1. The van der Waals surface area contributed by atoms with Crippen molar-refractivity contribution in [1.29, 1.82) is 0 Å². The minimum Gasteiger partial charge on any atom is -0.366 e. The Morgan fingerprint density at radius 2 is 2.23 bits per heavy atom. The Bertz CT molecular complexity index is 613. The van der Waals surface area contributed by atoms with Crippen LogP contribution in [0.25, 0.3) is 0 Å². The van der Waals surface area contributed by atoms with Gasteiger partial charge >= 0.3 is 0 Å². The molecule has 0 N–H and O–H groups in total. The van der Waals surface area contributed by atoms with Crippen LogP contribution in [-0.2, 0) is 9.53 Å². The third-order valence-corrected chi connectivity index (χ3v) is 4.45. The van der Waals surface area contributed by atoms with Crippen molar-refractivity contribution in [3.05, 3.63) is 34.1 Å². The number of ether oxygens (including phenoxy) is 1. The van der Waals surface area contributed by atoms with Gasteiger partial charge in [0, 0.05) is 19.2 Å². The third-order valence-electron chi connectivity index (χ3n) is 4.45. The van der Waals surface area contributed by atoms with Gasteiger partial charge in [0.15, 0.2) is 0 Å². The first-order valence-electron chi connectivity index (χ1n) is 7.36. The zero-order valence-electron chi connectivity index (χ0n) is 12.7. The molecule has 1 saturated carbocycles. The van der Waals surface area contributed by atoms with E-state index in [1.54, 1.807) is 6.07 Å². The molecule has 2 fully saturated rings. The van der Waals surface area contributed by atoms with Crippen LogP contribution in [0.15, 0.2) is 18.5 Å². The monoisotopic (exact) mass is 305 g/mol. The van der Waals surface area contributed by atoms with E-state index in [1.165, 1.54) is 12.4 Å². The van der Waals surface area contributed by atoms with Gasteiger partial charge < -0.3 is 9.64 Å². The summed E-state index contributed by atoms with van der Waals surface area (Å²) in [6.45, 7) is 0.657. The van der Waals surface area contributed by atoms with Crippen LogP contribution in [0.2, 0.25) is 0 Å². The molecule has 0 bridgehead atoms. The molecule has 1 spiro atoms. The number of nitrogens with zero attached hydrogens (tertiary/aromatic N) is 3. The number of pyridine rings is 1. The lowest BCUT2D eigenvalue weighted by Crippen LogP contribution is -2.45. The Hall–Kier alpha value is -1.86. The van der Waals surface area contributed by atoms with E-state index in [0.717, 1.165) is 12.8 Å². The molecule has 3 rings (SSSR count). The number of carbonyl (C=O) groups excluding carboxylic acids is 1. The van der Waals surface area contributed by atoms with Gasteiger partial charge in [0.05, 0.1) is 28.1 Å². The van der Waals surface area contributed by atoms with Gasteiger partial charge in [-0.2, -0.15) is 0 Å². The number of Topliss-reactive ketones (excluding diaryl/α,β-unsaturated/α-hetero) is 1. The van der Waals surface area contributed by atoms with E-state index in [4.69, 9.17) is 4.74 Å². The van der Waals surface area contributed by atoms with E-state index in [2.05, 4.69) is 4.98 Å². The lowest BCUT2D eigenvalue weighted by molar-refractivity contribution is -0.386. The minimum atomic E-state index is -0.545. The first-order chi connectivity index (χ1) is 10.4. The Morgan fingerprint density at radius 1 is 1.50 bits per heavy atom. The maximum absolute atomic E-state index is 12.6. The molecule has 2 atom stereocenters. The Kier molecular flexibility index (Phi) is 3.70. The summed E-state index contributed by atoms with van der Waals surface area (Å²) < 4.78 is 6.17. The molecular weight excluding hydrogens is 286 g/mol. The maximum Gasteiger partial charge on any atom is 0.293 e.